The van der Waals surface area contributed by atoms with E-state index in [9.17, 15) is 15.7 Å². The molecule has 164 valence electrons. The first-order valence-electron chi connectivity index (χ1n) is 10.4. The molecular formula is C28H18ClN3O2. The predicted molar refractivity (Wildman–Crippen MR) is 131 cm³/mol. The Morgan fingerprint density at radius 2 is 1.38 bits per heavy atom. The fourth-order valence-electron chi connectivity index (χ4n) is 3.61. The van der Waals surface area contributed by atoms with Gasteiger partial charge in [-0.3, -0.25) is 0 Å². The third-order valence-corrected chi connectivity index (χ3v) is 5.58. The van der Waals surface area contributed by atoms with E-state index >= 15 is 0 Å². The molecule has 0 fully saturated rings. The SMILES string of the molecule is N#C/C(c1ccccc1)=[N+](/[O-])c1ccc(C(C#N)(Oc2ccccc2)c2ccccc2)cc1Cl. The lowest BCUT2D eigenvalue weighted by molar-refractivity contribution is -0.358. The topological polar surface area (TPSA) is 82.9 Å². The molecule has 4 aromatic carbocycles. The smallest absolute Gasteiger partial charge is 0.302 e. The number of benzene rings is 4. The highest BCUT2D eigenvalue weighted by atomic mass is 35.5. The van der Waals surface area contributed by atoms with E-state index in [0.29, 0.717) is 27.2 Å². The molecule has 0 radical (unpaired) electrons. The number of hydrogen-bond acceptors (Lipinski definition) is 4. The Morgan fingerprint density at radius 1 is 0.794 bits per heavy atom. The summed E-state index contributed by atoms with van der Waals surface area (Å²) in [4.78, 5) is 0. The zero-order chi connectivity index (χ0) is 24.0. The van der Waals surface area contributed by atoms with Crippen LogP contribution in [-0.4, -0.2) is 10.5 Å². The number of halogens is 1. The van der Waals surface area contributed by atoms with Gasteiger partial charge in [-0.25, -0.2) is 0 Å². The number of ether oxygens (including phenoxy) is 1. The second-order valence-electron chi connectivity index (χ2n) is 7.36. The van der Waals surface area contributed by atoms with E-state index in [0.717, 1.165) is 0 Å². The molecule has 0 heterocycles. The normalized spacial score (nSPS) is 13.0. The van der Waals surface area contributed by atoms with Crippen LogP contribution in [0.5, 0.6) is 5.75 Å². The van der Waals surface area contributed by atoms with Crippen molar-refractivity contribution < 1.29 is 9.48 Å². The fraction of sp³-hybridized carbons (Fsp3) is 0.0357. The molecular weight excluding hydrogens is 446 g/mol. The number of para-hydroxylation sites is 1. The highest BCUT2D eigenvalue weighted by Gasteiger charge is 2.38. The van der Waals surface area contributed by atoms with Gasteiger partial charge in [0.25, 0.3) is 0 Å². The van der Waals surface area contributed by atoms with Crippen LogP contribution >= 0.6 is 11.6 Å². The summed E-state index contributed by atoms with van der Waals surface area (Å²) in [5, 5.41) is 33.1. The van der Waals surface area contributed by atoms with Crippen molar-refractivity contribution in [2.75, 3.05) is 0 Å². The van der Waals surface area contributed by atoms with Crippen molar-refractivity contribution in [1.82, 2.24) is 0 Å². The Hall–Kier alpha value is -4.58. The Morgan fingerprint density at radius 3 is 1.94 bits per heavy atom. The van der Waals surface area contributed by atoms with Crippen molar-refractivity contribution in [1.29, 1.82) is 10.5 Å². The minimum Gasteiger partial charge on any atom is -0.617 e. The highest BCUT2D eigenvalue weighted by molar-refractivity contribution is 6.32. The first-order valence-corrected chi connectivity index (χ1v) is 10.8. The van der Waals surface area contributed by atoms with E-state index in [1.165, 1.54) is 12.1 Å². The maximum absolute atomic E-state index is 13.1. The first-order chi connectivity index (χ1) is 16.6. The Labute approximate surface area is 202 Å². The monoisotopic (exact) mass is 463 g/mol. The number of rotatable bonds is 6. The third-order valence-electron chi connectivity index (χ3n) is 5.28. The largest absolute Gasteiger partial charge is 0.617 e. The van der Waals surface area contributed by atoms with Crippen LogP contribution in [0.15, 0.2) is 109 Å². The summed E-state index contributed by atoms with van der Waals surface area (Å²) in [6.07, 6.45) is 0. The third kappa shape index (κ3) is 4.34. The summed E-state index contributed by atoms with van der Waals surface area (Å²) in [5.74, 6) is 0.503. The molecule has 1 unspecified atom stereocenters. The van der Waals surface area contributed by atoms with E-state index in [4.69, 9.17) is 16.3 Å². The van der Waals surface area contributed by atoms with Crippen molar-refractivity contribution in [3.63, 3.8) is 0 Å². The predicted octanol–water partition coefficient (Wildman–Crippen LogP) is 6.34. The minimum absolute atomic E-state index is 0.0865. The molecule has 0 aliphatic carbocycles. The lowest BCUT2D eigenvalue weighted by Gasteiger charge is -2.29. The van der Waals surface area contributed by atoms with Crippen molar-refractivity contribution in [2.45, 2.75) is 5.60 Å². The molecule has 4 rings (SSSR count). The molecule has 0 aliphatic rings. The van der Waals surface area contributed by atoms with Gasteiger partial charge in [0, 0.05) is 17.2 Å². The number of nitrogens with zero attached hydrogens (tertiary/aromatic N) is 3. The summed E-state index contributed by atoms with van der Waals surface area (Å²) in [7, 11) is 0. The van der Waals surface area contributed by atoms with E-state index in [1.54, 1.807) is 60.7 Å². The summed E-state index contributed by atoms with van der Waals surface area (Å²) in [6, 6.07) is 35.6. The quantitative estimate of drug-likeness (QED) is 0.144. The molecule has 0 saturated heterocycles. The molecule has 0 bridgehead atoms. The van der Waals surface area contributed by atoms with Gasteiger partial charge in [0.15, 0.2) is 6.07 Å². The Balaban J connectivity index is 1.85. The molecule has 34 heavy (non-hydrogen) atoms. The van der Waals surface area contributed by atoms with Crippen LogP contribution in [0.1, 0.15) is 16.7 Å². The van der Waals surface area contributed by atoms with Gasteiger partial charge in [-0.2, -0.15) is 15.3 Å². The number of nitriles is 2. The molecule has 4 aromatic rings. The lowest BCUT2D eigenvalue weighted by Crippen LogP contribution is -2.33. The zero-order valence-corrected chi connectivity index (χ0v) is 18.7. The van der Waals surface area contributed by atoms with Gasteiger partial charge in [-0.05, 0) is 36.4 Å². The fourth-order valence-corrected chi connectivity index (χ4v) is 3.87. The van der Waals surface area contributed by atoms with Gasteiger partial charge in [0.1, 0.15) is 16.8 Å². The average Bonchev–Trinajstić information content (AvgIpc) is 2.89. The molecule has 0 aliphatic heterocycles. The van der Waals surface area contributed by atoms with Crippen LogP contribution in [0.3, 0.4) is 0 Å². The number of hydrogen-bond donors (Lipinski definition) is 0. The van der Waals surface area contributed by atoms with Gasteiger partial charge in [-0.15, -0.1) is 0 Å². The molecule has 6 heteroatoms. The lowest BCUT2D eigenvalue weighted by atomic mass is 9.87. The van der Waals surface area contributed by atoms with Crippen molar-refractivity contribution in [3.8, 4) is 17.9 Å². The summed E-state index contributed by atoms with van der Waals surface area (Å²) < 4.78 is 6.74. The Kier molecular flexibility index (Phi) is 6.59. The van der Waals surface area contributed by atoms with Crippen LogP contribution in [0.4, 0.5) is 5.69 Å². The zero-order valence-electron chi connectivity index (χ0n) is 17.9. The van der Waals surface area contributed by atoms with E-state index in [-0.39, 0.29) is 16.4 Å². The molecule has 0 amide bonds. The van der Waals surface area contributed by atoms with Crippen molar-refractivity contribution >= 4 is 23.0 Å². The van der Waals surface area contributed by atoms with E-state index in [1.807, 2.05) is 42.5 Å². The molecule has 5 nitrogen and oxygen atoms in total. The van der Waals surface area contributed by atoms with Crippen LogP contribution < -0.4 is 4.74 Å². The molecule has 1 atom stereocenters. The molecule has 0 spiro atoms. The van der Waals surface area contributed by atoms with Gasteiger partial charge >= 0.3 is 5.71 Å². The van der Waals surface area contributed by atoms with E-state index in [2.05, 4.69) is 6.07 Å². The van der Waals surface area contributed by atoms with Crippen molar-refractivity contribution in [3.05, 3.63) is 136 Å². The summed E-state index contributed by atoms with van der Waals surface area (Å²) >= 11 is 6.54. The summed E-state index contributed by atoms with van der Waals surface area (Å²) in [6.45, 7) is 0. The standard InChI is InChI=1S/C28H18ClN3O2/c29-25-18-23(16-17-26(25)32(33)27(19-30)21-10-4-1-5-11-21)28(20-31,22-12-6-2-7-13-22)34-24-14-8-3-9-15-24/h1-18H/b32-27-. The van der Waals surface area contributed by atoms with Crippen LogP contribution in [-0.2, 0) is 5.60 Å². The molecule has 0 N–H and O–H groups in total. The van der Waals surface area contributed by atoms with Gasteiger partial charge in [-0.1, -0.05) is 78.3 Å². The van der Waals surface area contributed by atoms with Crippen LogP contribution in [0.25, 0.3) is 0 Å². The minimum atomic E-state index is -1.51. The average molecular weight is 464 g/mol. The molecule has 0 saturated carbocycles. The summed E-state index contributed by atoms with van der Waals surface area (Å²) in [5.41, 5.74) is 0.0156. The second kappa shape index (κ2) is 9.92. The van der Waals surface area contributed by atoms with Crippen LogP contribution in [0.2, 0.25) is 5.02 Å². The van der Waals surface area contributed by atoms with Crippen molar-refractivity contribution in [2.24, 2.45) is 0 Å². The van der Waals surface area contributed by atoms with E-state index < -0.39 is 5.60 Å². The Bertz CT molecular complexity index is 1410. The van der Waals surface area contributed by atoms with Gasteiger partial charge < -0.3 is 9.94 Å². The maximum atomic E-state index is 13.1. The highest BCUT2D eigenvalue weighted by Crippen LogP contribution is 2.38. The van der Waals surface area contributed by atoms with Crippen LogP contribution in [0, 0.1) is 27.9 Å². The van der Waals surface area contributed by atoms with Gasteiger partial charge in [0.05, 0.1) is 5.56 Å². The van der Waals surface area contributed by atoms with Gasteiger partial charge in [0.2, 0.25) is 11.3 Å². The molecule has 0 aromatic heterocycles. The first kappa shape index (κ1) is 22.6. The second-order valence-corrected chi connectivity index (χ2v) is 7.77. The maximum Gasteiger partial charge on any atom is 0.302 e.